The zero-order valence-electron chi connectivity index (χ0n) is 14.0. The summed E-state index contributed by atoms with van der Waals surface area (Å²) in [5, 5.41) is 16.0. The van der Waals surface area contributed by atoms with Gasteiger partial charge in [-0.1, -0.05) is 30.3 Å². The van der Waals surface area contributed by atoms with E-state index in [0.29, 0.717) is 29.5 Å². The number of pyridine rings is 1. The third-order valence-corrected chi connectivity index (χ3v) is 3.77. The van der Waals surface area contributed by atoms with Crippen LogP contribution in [0, 0.1) is 0 Å². The van der Waals surface area contributed by atoms with Crippen molar-refractivity contribution >= 4 is 11.5 Å². The van der Waals surface area contributed by atoms with Gasteiger partial charge >= 0.3 is 6.61 Å². The van der Waals surface area contributed by atoms with Crippen LogP contribution in [0.2, 0.25) is 0 Å². The lowest BCUT2D eigenvalue weighted by Gasteiger charge is -2.07. The normalized spacial score (nSPS) is 11.1. The summed E-state index contributed by atoms with van der Waals surface area (Å²) in [7, 11) is 0. The van der Waals surface area contributed by atoms with Crippen LogP contribution in [0.4, 0.5) is 14.6 Å². The summed E-state index contributed by atoms with van der Waals surface area (Å²) in [6, 6.07) is 16.3. The first-order valence-electron chi connectivity index (χ1n) is 8.10. The molecule has 0 saturated heterocycles. The highest BCUT2D eigenvalue weighted by atomic mass is 19.3. The molecule has 0 amide bonds. The van der Waals surface area contributed by atoms with Crippen LogP contribution >= 0.6 is 0 Å². The molecule has 0 aliphatic carbocycles. The first-order valence-corrected chi connectivity index (χ1v) is 8.10. The summed E-state index contributed by atoms with van der Waals surface area (Å²) in [5.41, 5.74) is 2.20. The molecule has 0 aliphatic rings. The topological polar surface area (TPSA) is 77.2 Å². The number of halogens is 2. The maximum atomic E-state index is 12.2. The molecule has 0 bridgehead atoms. The van der Waals surface area contributed by atoms with Crippen LogP contribution in [-0.2, 0) is 6.54 Å². The minimum absolute atomic E-state index is 0.0188. The molecule has 9 heteroatoms. The molecule has 0 aliphatic heterocycles. The van der Waals surface area contributed by atoms with Crippen LogP contribution in [0.5, 0.6) is 5.75 Å². The number of hydrogen-bond donors (Lipinski definition) is 1. The Morgan fingerprint density at radius 1 is 1.00 bits per heavy atom. The Labute approximate surface area is 152 Å². The van der Waals surface area contributed by atoms with E-state index in [9.17, 15) is 8.78 Å². The Hall–Kier alpha value is -3.62. The number of nitrogens with zero attached hydrogens (tertiary/aromatic N) is 5. The number of anilines is 1. The number of aromatic nitrogens is 5. The van der Waals surface area contributed by atoms with Crippen molar-refractivity contribution in [3.05, 3.63) is 66.5 Å². The Balaban J connectivity index is 1.51. The Bertz CT molecular complexity index is 1040. The van der Waals surface area contributed by atoms with Gasteiger partial charge in [-0.15, -0.1) is 15.3 Å². The molecule has 0 saturated carbocycles. The third-order valence-electron chi connectivity index (χ3n) is 3.77. The molecule has 3 heterocycles. The molecular formula is C18H14F2N6O. The third kappa shape index (κ3) is 3.81. The smallest absolute Gasteiger partial charge is 0.387 e. The van der Waals surface area contributed by atoms with Crippen LogP contribution in [0.1, 0.15) is 5.69 Å². The maximum Gasteiger partial charge on any atom is 0.387 e. The monoisotopic (exact) mass is 368 g/mol. The molecule has 7 nitrogen and oxygen atoms in total. The lowest BCUT2D eigenvalue weighted by atomic mass is 10.2. The minimum atomic E-state index is -2.87. The highest BCUT2D eigenvalue weighted by Crippen LogP contribution is 2.18. The van der Waals surface area contributed by atoms with Crippen LogP contribution in [0.3, 0.4) is 0 Å². The molecule has 1 aromatic carbocycles. The Morgan fingerprint density at radius 2 is 1.85 bits per heavy atom. The fourth-order valence-electron chi connectivity index (χ4n) is 2.52. The van der Waals surface area contributed by atoms with Crippen LogP contribution in [0.15, 0.2) is 60.8 Å². The summed E-state index contributed by atoms with van der Waals surface area (Å²) < 4.78 is 30.3. The van der Waals surface area contributed by atoms with E-state index >= 15 is 0 Å². The highest BCUT2D eigenvalue weighted by molar-refractivity contribution is 5.59. The van der Waals surface area contributed by atoms with E-state index in [0.717, 1.165) is 5.56 Å². The summed E-state index contributed by atoms with van der Waals surface area (Å²) in [6.07, 6.45) is 1.26. The van der Waals surface area contributed by atoms with Gasteiger partial charge in [0.25, 0.3) is 0 Å². The van der Waals surface area contributed by atoms with Gasteiger partial charge < -0.3 is 10.1 Å². The number of nitrogens with one attached hydrogen (secondary N) is 1. The molecule has 0 fully saturated rings. The Kier molecular flexibility index (Phi) is 4.56. The van der Waals surface area contributed by atoms with Gasteiger partial charge in [0.2, 0.25) is 0 Å². The molecule has 1 N–H and O–H groups in total. The van der Waals surface area contributed by atoms with Gasteiger partial charge in [-0.25, -0.2) is 0 Å². The van der Waals surface area contributed by atoms with Crippen LogP contribution in [0.25, 0.3) is 17.0 Å². The van der Waals surface area contributed by atoms with Gasteiger partial charge in [-0.2, -0.15) is 13.3 Å². The van der Waals surface area contributed by atoms with Crippen molar-refractivity contribution in [1.29, 1.82) is 0 Å². The van der Waals surface area contributed by atoms with E-state index in [1.54, 1.807) is 16.6 Å². The van der Waals surface area contributed by atoms with Gasteiger partial charge in [0, 0.05) is 5.56 Å². The minimum Gasteiger partial charge on any atom is -0.433 e. The lowest BCUT2D eigenvalue weighted by Crippen LogP contribution is -2.07. The number of fused-ring (bicyclic) bond motifs is 1. The number of ether oxygens (including phenoxy) is 1. The van der Waals surface area contributed by atoms with E-state index in [1.807, 2.05) is 36.4 Å². The predicted octanol–water partition coefficient (Wildman–Crippen LogP) is 3.40. The SMILES string of the molecule is FC(F)Oc1ccc(CNc2ccc3nnc(-c4ccccc4)n3n2)nc1. The average molecular weight is 368 g/mol. The number of rotatable bonds is 6. The standard InChI is InChI=1S/C18H14F2N6O/c19-18(20)27-14-7-6-13(21-11-14)10-22-15-8-9-16-23-24-17(26(16)25-15)12-4-2-1-3-5-12/h1-9,11,18H,10H2,(H,22,25). The molecule has 136 valence electrons. The fraction of sp³-hybridized carbons (Fsp3) is 0.111. The highest BCUT2D eigenvalue weighted by Gasteiger charge is 2.10. The largest absolute Gasteiger partial charge is 0.433 e. The summed E-state index contributed by atoms with van der Waals surface area (Å²) in [4.78, 5) is 4.08. The van der Waals surface area contributed by atoms with Gasteiger partial charge in [0.1, 0.15) is 11.6 Å². The van der Waals surface area contributed by atoms with Crippen molar-refractivity contribution in [1.82, 2.24) is 24.8 Å². The molecule has 0 spiro atoms. The molecule has 0 atom stereocenters. The molecule has 27 heavy (non-hydrogen) atoms. The fourth-order valence-corrected chi connectivity index (χ4v) is 2.52. The maximum absolute atomic E-state index is 12.2. The number of hydrogen-bond acceptors (Lipinski definition) is 6. The van der Waals surface area contributed by atoms with Crippen molar-refractivity contribution in [3.63, 3.8) is 0 Å². The van der Waals surface area contributed by atoms with E-state index in [1.165, 1.54) is 12.3 Å². The summed E-state index contributed by atoms with van der Waals surface area (Å²) in [5.74, 6) is 1.26. The quantitative estimate of drug-likeness (QED) is 0.562. The average Bonchev–Trinajstić information content (AvgIpc) is 3.11. The molecule has 0 unspecified atom stereocenters. The summed E-state index contributed by atoms with van der Waals surface area (Å²) >= 11 is 0. The van der Waals surface area contributed by atoms with Crippen LogP contribution < -0.4 is 10.1 Å². The number of benzene rings is 1. The van der Waals surface area contributed by atoms with E-state index in [-0.39, 0.29) is 5.75 Å². The van der Waals surface area contributed by atoms with Crippen molar-refractivity contribution in [2.24, 2.45) is 0 Å². The first kappa shape index (κ1) is 16.8. The van der Waals surface area contributed by atoms with Gasteiger partial charge in [-0.3, -0.25) is 4.98 Å². The molecule has 0 radical (unpaired) electrons. The number of alkyl halides is 2. The first-order chi connectivity index (χ1) is 13.2. The summed E-state index contributed by atoms with van der Waals surface area (Å²) in [6.45, 7) is -2.50. The Morgan fingerprint density at radius 3 is 2.59 bits per heavy atom. The van der Waals surface area contributed by atoms with Crippen molar-refractivity contribution in [3.8, 4) is 17.1 Å². The van der Waals surface area contributed by atoms with Crippen molar-refractivity contribution < 1.29 is 13.5 Å². The van der Waals surface area contributed by atoms with Gasteiger partial charge in [0.05, 0.1) is 18.4 Å². The predicted molar refractivity (Wildman–Crippen MR) is 94.4 cm³/mol. The second-order valence-corrected chi connectivity index (χ2v) is 5.60. The molecule has 4 aromatic rings. The second kappa shape index (κ2) is 7.32. The second-order valence-electron chi connectivity index (χ2n) is 5.60. The zero-order chi connectivity index (χ0) is 18.6. The van der Waals surface area contributed by atoms with E-state index in [4.69, 9.17) is 0 Å². The molecule has 3 aromatic heterocycles. The van der Waals surface area contributed by atoms with Gasteiger partial charge in [0.15, 0.2) is 11.5 Å². The van der Waals surface area contributed by atoms with Crippen molar-refractivity contribution in [2.45, 2.75) is 13.2 Å². The van der Waals surface area contributed by atoms with Crippen molar-refractivity contribution in [2.75, 3.05) is 5.32 Å². The zero-order valence-corrected chi connectivity index (χ0v) is 14.0. The van der Waals surface area contributed by atoms with E-state index < -0.39 is 6.61 Å². The van der Waals surface area contributed by atoms with Gasteiger partial charge in [-0.05, 0) is 24.3 Å². The van der Waals surface area contributed by atoms with E-state index in [2.05, 4.69) is 30.3 Å². The molecular weight excluding hydrogens is 354 g/mol. The molecule has 4 rings (SSSR count). The lowest BCUT2D eigenvalue weighted by molar-refractivity contribution is -0.0500. The van der Waals surface area contributed by atoms with Crippen LogP contribution in [-0.4, -0.2) is 31.4 Å².